The average Bonchev–Trinajstić information content (AvgIpc) is 3.37. The van der Waals surface area contributed by atoms with Crippen LogP contribution in [-0.4, -0.2) is 39.8 Å². The third-order valence-corrected chi connectivity index (χ3v) is 5.97. The number of anilines is 1. The molecule has 30 heavy (non-hydrogen) atoms. The van der Waals surface area contributed by atoms with E-state index in [2.05, 4.69) is 46.1 Å². The van der Waals surface area contributed by atoms with E-state index in [0.717, 1.165) is 46.5 Å². The maximum atomic E-state index is 12.8. The van der Waals surface area contributed by atoms with Crippen molar-refractivity contribution in [1.29, 1.82) is 0 Å². The summed E-state index contributed by atoms with van der Waals surface area (Å²) in [6.07, 6.45) is 0. The molecule has 0 spiro atoms. The number of thioether (sulfide) groups is 1. The highest BCUT2D eigenvalue weighted by molar-refractivity contribution is 7.99. The molecule has 0 atom stereocenters. The van der Waals surface area contributed by atoms with Crippen molar-refractivity contribution in [3.05, 3.63) is 59.8 Å². The monoisotopic (exact) mass is 420 g/mol. The van der Waals surface area contributed by atoms with E-state index in [1.165, 1.54) is 11.8 Å². The molecule has 4 aromatic rings. The number of carbonyl (C=O) groups excluding carboxylic acids is 1. The number of nitrogens with zero attached hydrogens (tertiary/aromatic N) is 3. The van der Waals surface area contributed by atoms with Crippen LogP contribution in [0.15, 0.2) is 58.2 Å². The largest absolute Gasteiger partial charge is 0.411 e. The fraction of sp³-hybridized carbons (Fsp3) is 0.261. The molecule has 0 amide bonds. The molecule has 0 saturated carbocycles. The highest BCUT2D eigenvalue weighted by atomic mass is 32.2. The highest BCUT2D eigenvalue weighted by Crippen LogP contribution is 2.28. The van der Waals surface area contributed by atoms with Crippen LogP contribution in [0.2, 0.25) is 0 Å². The van der Waals surface area contributed by atoms with Crippen molar-refractivity contribution in [2.45, 2.75) is 26.0 Å². The summed E-state index contributed by atoms with van der Waals surface area (Å²) in [6, 6.07) is 15.9. The zero-order valence-corrected chi connectivity index (χ0v) is 18.1. The minimum atomic E-state index is 0.0401. The number of hydrogen-bond acceptors (Lipinski definition) is 6. The number of nitrogens with one attached hydrogen (secondary N) is 1. The quantitative estimate of drug-likeness (QED) is 0.306. The third-order valence-electron chi connectivity index (χ3n) is 5.15. The Hall–Kier alpha value is -3.06. The molecule has 0 radical (unpaired) electrons. The minimum absolute atomic E-state index is 0.0401. The molecule has 2 heterocycles. The number of aromatic nitrogens is 3. The number of carbonyl (C=O) groups is 1. The van der Waals surface area contributed by atoms with Crippen molar-refractivity contribution in [3.63, 3.8) is 0 Å². The molecule has 154 valence electrons. The molecule has 0 fully saturated rings. The Labute approximate surface area is 179 Å². The molecule has 2 aromatic heterocycles. The van der Waals surface area contributed by atoms with Gasteiger partial charge in [0.2, 0.25) is 5.89 Å². The van der Waals surface area contributed by atoms with E-state index < -0.39 is 0 Å². The summed E-state index contributed by atoms with van der Waals surface area (Å²) in [4.78, 5) is 18.4. The van der Waals surface area contributed by atoms with Crippen LogP contribution in [0.25, 0.3) is 22.4 Å². The van der Waals surface area contributed by atoms with Crippen molar-refractivity contribution in [2.24, 2.45) is 0 Å². The molecule has 4 rings (SSSR count). The number of fused-ring (bicyclic) bond motifs is 1. The summed E-state index contributed by atoms with van der Waals surface area (Å²) in [5.41, 5.74) is 4.60. The molecule has 7 heteroatoms. The SMILES string of the molecule is CCN(CC)c1ccc(-c2nnc(SCC(=O)c3c(C)[nH]c4ccccc34)o2)cc1. The van der Waals surface area contributed by atoms with Crippen LogP contribution < -0.4 is 4.90 Å². The van der Waals surface area contributed by atoms with Crippen molar-refractivity contribution < 1.29 is 9.21 Å². The number of ketones is 1. The lowest BCUT2D eigenvalue weighted by Crippen LogP contribution is -2.21. The van der Waals surface area contributed by atoms with Crippen molar-refractivity contribution in [3.8, 4) is 11.5 Å². The first kappa shape index (κ1) is 20.2. The van der Waals surface area contributed by atoms with Crippen molar-refractivity contribution in [2.75, 3.05) is 23.7 Å². The summed E-state index contributed by atoms with van der Waals surface area (Å²) < 4.78 is 5.78. The van der Waals surface area contributed by atoms with E-state index >= 15 is 0 Å². The van der Waals surface area contributed by atoms with Gasteiger partial charge in [-0.2, -0.15) is 0 Å². The number of Topliss-reactive ketones (excluding diaryl/α,β-unsaturated/α-hetero) is 1. The van der Waals surface area contributed by atoms with Gasteiger partial charge in [0.15, 0.2) is 5.78 Å². The molecule has 0 aliphatic heterocycles. The number of hydrogen-bond donors (Lipinski definition) is 1. The number of benzene rings is 2. The van der Waals surface area contributed by atoms with Crippen LogP contribution in [0.3, 0.4) is 0 Å². The first-order chi connectivity index (χ1) is 14.6. The van der Waals surface area contributed by atoms with Gasteiger partial charge in [-0.15, -0.1) is 10.2 Å². The van der Waals surface area contributed by atoms with Gasteiger partial charge in [-0.1, -0.05) is 30.0 Å². The van der Waals surface area contributed by atoms with Gasteiger partial charge in [0.25, 0.3) is 5.22 Å². The summed E-state index contributed by atoms with van der Waals surface area (Å²) >= 11 is 1.26. The van der Waals surface area contributed by atoms with Crippen LogP contribution >= 0.6 is 11.8 Å². The van der Waals surface area contributed by atoms with E-state index in [9.17, 15) is 4.79 Å². The van der Waals surface area contributed by atoms with E-state index in [1.807, 2.05) is 43.3 Å². The predicted molar refractivity (Wildman–Crippen MR) is 121 cm³/mol. The second kappa shape index (κ2) is 8.75. The molecule has 0 unspecified atom stereocenters. The molecule has 0 bridgehead atoms. The summed E-state index contributed by atoms with van der Waals surface area (Å²) in [6.45, 7) is 8.11. The van der Waals surface area contributed by atoms with Gasteiger partial charge in [0.1, 0.15) is 0 Å². The average molecular weight is 421 g/mol. The Bertz CT molecular complexity index is 1160. The first-order valence-corrected chi connectivity index (χ1v) is 11.0. The highest BCUT2D eigenvalue weighted by Gasteiger charge is 2.18. The van der Waals surface area contributed by atoms with Gasteiger partial charge in [0, 0.05) is 46.5 Å². The molecular weight excluding hydrogens is 396 g/mol. The maximum absolute atomic E-state index is 12.8. The van der Waals surface area contributed by atoms with Gasteiger partial charge in [-0.05, 0) is 51.1 Å². The topological polar surface area (TPSA) is 75.0 Å². The smallest absolute Gasteiger partial charge is 0.277 e. The number of aromatic amines is 1. The van der Waals surface area contributed by atoms with Crippen LogP contribution in [0.4, 0.5) is 5.69 Å². The molecule has 0 aliphatic carbocycles. The van der Waals surface area contributed by atoms with E-state index in [0.29, 0.717) is 11.1 Å². The van der Waals surface area contributed by atoms with Crippen molar-refractivity contribution in [1.82, 2.24) is 15.2 Å². The molecule has 0 saturated heterocycles. The fourth-order valence-electron chi connectivity index (χ4n) is 3.62. The summed E-state index contributed by atoms with van der Waals surface area (Å²) in [7, 11) is 0. The Morgan fingerprint density at radius 2 is 1.80 bits per heavy atom. The number of para-hydroxylation sites is 1. The summed E-state index contributed by atoms with van der Waals surface area (Å²) in [5.74, 6) is 0.739. The second-order valence-electron chi connectivity index (χ2n) is 6.97. The number of H-pyrrole nitrogens is 1. The van der Waals surface area contributed by atoms with E-state index in [4.69, 9.17) is 4.42 Å². The first-order valence-electron chi connectivity index (χ1n) is 10.0. The number of aryl methyl sites for hydroxylation is 1. The lowest BCUT2D eigenvalue weighted by Gasteiger charge is -2.20. The van der Waals surface area contributed by atoms with Crippen LogP contribution in [0, 0.1) is 6.92 Å². The molecular formula is C23H24N4O2S. The van der Waals surface area contributed by atoms with Gasteiger partial charge in [-0.25, -0.2) is 0 Å². The van der Waals surface area contributed by atoms with E-state index in [1.54, 1.807) is 0 Å². The Morgan fingerprint density at radius 1 is 1.07 bits per heavy atom. The van der Waals surface area contributed by atoms with Crippen LogP contribution in [-0.2, 0) is 0 Å². The molecule has 1 N–H and O–H groups in total. The normalized spacial score (nSPS) is 11.2. The van der Waals surface area contributed by atoms with Gasteiger partial charge >= 0.3 is 0 Å². The van der Waals surface area contributed by atoms with E-state index in [-0.39, 0.29) is 11.5 Å². The predicted octanol–water partition coefficient (Wildman–Crippen LogP) is 5.35. The summed E-state index contributed by atoms with van der Waals surface area (Å²) in [5, 5.41) is 9.57. The lowest BCUT2D eigenvalue weighted by molar-refractivity contribution is 0.102. The van der Waals surface area contributed by atoms with Crippen LogP contribution in [0.1, 0.15) is 29.9 Å². The van der Waals surface area contributed by atoms with Gasteiger partial charge < -0.3 is 14.3 Å². The standard InChI is InChI=1S/C23H24N4O2S/c1-4-27(5-2)17-12-10-16(11-13-17)22-25-26-23(29-22)30-14-20(28)21-15(3)24-19-9-7-6-8-18(19)21/h6-13,24H,4-5,14H2,1-3H3. The Kier molecular flexibility index (Phi) is 5.90. The third kappa shape index (κ3) is 3.98. The van der Waals surface area contributed by atoms with Gasteiger partial charge in [0.05, 0.1) is 5.75 Å². The van der Waals surface area contributed by atoms with Crippen molar-refractivity contribution >= 4 is 34.1 Å². The van der Waals surface area contributed by atoms with Crippen LogP contribution in [0.5, 0.6) is 0 Å². The zero-order valence-electron chi connectivity index (χ0n) is 17.3. The fourth-order valence-corrected chi connectivity index (χ4v) is 4.26. The second-order valence-corrected chi connectivity index (χ2v) is 7.90. The number of rotatable bonds is 8. The molecule has 0 aliphatic rings. The van der Waals surface area contributed by atoms with Gasteiger partial charge in [-0.3, -0.25) is 4.79 Å². The zero-order chi connectivity index (χ0) is 21.1. The molecule has 6 nitrogen and oxygen atoms in total. The lowest BCUT2D eigenvalue weighted by atomic mass is 10.1. The Morgan fingerprint density at radius 3 is 2.53 bits per heavy atom. The Balaban J connectivity index is 1.45. The minimum Gasteiger partial charge on any atom is -0.411 e. The molecule has 2 aromatic carbocycles. The maximum Gasteiger partial charge on any atom is 0.277 e.